The highest BCUT2D eigenvalue weighted by molar-refractivity contribution is 5.47. The number of nitrogens with one attached hydrogen (secondary N) is 2. The summed E-state index contributed by atoms with van der Waals surface area (Å²) in [5.41, 5.74) is -0.132. The van der Waals surface area contributed by atoms with Gasteiger partial charge in [0.2, 0.25) is 5.95 Å². The number of nitro groups is 1. The van der Waals surface area contributed by atoms with Gasteiger partial charge < -0.3 is 10.3 Å². The first-order valence-electron chi connectivity index (χ1n) is 4.12. The van der Waals surface area contributed by atoms with Crippen LogP contribution >= 0.6 is 0 Å². The third-order valence-electron chi connectivity index (χ3n) is 1.69. The molecule has 2 N–H and O–H groups in total. The van der Waals surface area contributed by atoms with Crippen LogP contribution in [0.15, 0.2) is 30.7 Å². The fourth-order valence-corrected chi connectivity index (χ4v) is 1.01. The van der Waals surface area contributed by atoms with Crippen molar-refractivity contribution in [1.82, 2.24) is 15.0 Å². The van der Waals surface area contributed by atoms with Gasteiger partial charge in [-0.15, -0.1) is 0 Å². The molecule has 2 aromatic heterocycles. The number of rotatable bonds is 3. The van der Waals surface area contributed by atoms with E-state index in [1.807, 2.05) is 6.07 Å². The van der Waals surface area contributed by atoms with E-state index in [1.165, 1.54) is 0 Å². The third kappa shape index (κ3) is 2.08. The Bertz CT molecular complexity index is 450. The summed E-state index contributed by atoms with van der Waals surface area (Å²) in [5.74, 6) is 1.03. The van der Waals surface area contributed by atoms with Gasteiger partial charge in [0.1, 0.15) is 18.2 Å². The summed E-state index contributed by atoms with van der Waals surface area (Å²) < 4.78 is 0. The van der Waals surface area contributed by atoms with Gasteiger partial charge in [0.25, 0.3) is 0 Å². The molecule has 0 aromatic carbocycles. The lowest BCUT2D eigenvalue weighted by Gasteiger charge is -1.99. The molecule has 0 aliphatic rings. The second-order valence-corrected chi connectivity index (χ2v) is 2.73. The van der Waals surface area contributed by atoms with Crippen molar-refractivity contribution in [1.29, 1.82) is 0 Å². The molecular formula is C8H7N5O2. The van der Waals surface area contributed by atoms with Crippen molar-refractivity contribution >= 4 is 17.5 Å². The maximum Gasteiger partial charge on any atom is 0.305 e. The molecule has 0 aliphatic heterocycles. The predicted octanol–water partition coefficient (Wildman–Crippen LogP) is 1.46. The Kier molecular flexibility index (Phi) is 2.28. The summed E-state index contributed by atoms with van der Waals surface area (Å²) in [5, 5.41) is 13.2. The molecule has 7 heteroatoms. The molecule has 0 aliphatic carbocycles. The molecule has 0 radical (unpaired) electrons. The summed E-state index contributed by atoms with van der Waals surface area (Å²) in [4.78, 5) is 20.3. The molecule has 7 nitrogen and oxygen atoms in total. The van der Waals surface area contributed by atoms with Crippen molar-refractivity contribution in [2.24, 2.45) is 0 Å². The topological polar surface area (TPSA) is 96.7 Å². The zero-order valence-corrected chi connectivity index (χ0v) is 7.54. The Labute approximate surface area is 84.3 Å². The van der Waals surface area contributed by atoms with Crippen LogP contribution in [0.1, 0.15) is 0 Å². The van der Waals surface area contributed by atoms with E-state index < -0.39 is 4.92 Å². The van der Waals surface area contributed by atoms with Gasteiger partial charge in [-0.25, -0.2) is 9.97 Å². The van der Waals surface area contributed by atoms with E-state index in [9.17, 15) is 10.1 Å². The van der Waals surface area contributed by atoms with Crippen LogP contribution in [0.4, 0.5) is 17.5 Å². The second kappa shape index (κ2) is 3.74. The minimum Gasteiger partial charge on any atom is -0.348 e. The van der Waals surface area contributed by atoms with Gasteiger partial charge in [0.15, 0.2) is 0 Å². The molecule has 0 fully saturated rings. The number of nitrogens with zero attached hydrogens (tertiary/aromatic N) is 3. The molecule has 0 saturated carbocycles. The van der Waals surface area contributed by atoms with E-state index in [0.29, 0.717) is 5.95 Å². The SMILES string of the molecule is O=[N+]([O-])c1cnc(Nc2ccc[nH]2)nc1. The summed E-state index contributed by atoms with van der Waals surface area (Å²) in [7, 11) is 0. The standard InChI is InChI=1S/C8H7N5O2/c14-13(15)6-4-10-8(11-5-6)12-7-2-1-3-9-7/h1-5,9H,(H,10,11,12). The van der Waals surface area contributed by atoms with E-state index in [2.05, 4.69) is 20.3 Å². The maximum absolute atomic E-state index is 10.3. The molecular weight excluding hydrogens is 198 g/mol. The van der Waals surface area contributed by atoms with Crippen molar-refractivity contribution < 1.29 is 4.92 Å². The quantitative estimate of drug-likeness (QED) is 0.584. The maximum atomic E-state index is 10.3. The average Bonchev–Trinajstić information content (AvgIpc) is 2.71. The first kappa shape index (κ1) is 9.13. The molecule has 2 aromatic rings. The lowest BCUT2D eigenvalue weighted by molar-refractivity contribution is -0.385. The van der Waals surface area contributed by atoms with E-state index in [4.69, 9.17) is 0 Å². The van der Waals surface area contributed by atoms with E-state index in [1.54, 1.807) is 12.3 Å². The Hall–Kier alpha value is -2.44. The molecule has 2 heterocycles. The molecule has 0 spiro atoms. The van der Waals surface area contributed by atoms with Crippen LogP contribution in [0.3, 0.4) is 0 Å². The van der Waals surface area contributed by atoms with Crippen molar-refractivity contribution in [3.05, 3.63) is 40.8 Å². The minimum absolute atomic E-state index is 0.132. The van der Waals surface area contributed by atoms with E-state index in [0.717, 1.165) is 18.2 Å². The number of aromatic amines is 1. The van der Waals surface area contributed by atoms with Gasteiger partial charge in [-0.2, -0.15) is 0 Å². The zero-order chi connectivity index (χ0) is 10.7. The lowest BCUT2D eigenvalue weighted by Crippen LogP contribution is -1.98. The minimum atomic E-state index is -0.543. The summed E-state index contributed by atoms with van der Waals surface area (Å²) in [6, 6.07) is 3.61. The van der Waals surface area contributed by atoms with Gasteiger partial charge >= 0.3 is 5.69 Å². The molecule has 0 unspecified atom stereocenters. The molecule has 0 bridgehead atoms. The largest absolute Gasteiger partial charge is 0.348 e. The van der Waals surface area contributed by atoms with Crippen LogP contribution in [-0.4, -0.2) is 19.9 Å². The normalized spacial score (nSPS) is 9.87. The van der Waals surface area contributed by atoms with Gasteiger partial charge in [-0.05, 0) is 12.1 Å². The number of H-pyrrole nitrogens is 1. The lowest BCUT2D eigenvalue weighted by atomic mass is 10.5. The summed E-state index contributed by atoms with van der Waals surface area (Å²) in [6.45, 7) is 0. The van der Waals surface area contributed by atoms with Crippen molar-refractivity contribution in [3.63, 3.8) is 0 Å². The highest BCUT2D eigenvalue weighted by Gasteiger charge is 2.06. The van der Waals surface area contributed by atoms with E-state index in [-0.39, 0.29) is 5.69 Å². The highest BCUT2D eigenvalue weighted by atomic mass is 16.6. The van der Waals surface area contributed by atoms with Crippen molar-refractivity contribution in [3.8, 4) is 0 Å². The number of anilines is 2. The van der Waals surface area contributed by atoms with Crippen LogP contribution in [0.5, 0.6) is 0 Å². The Morgan fingerprint density at radius 3 is 2.67 bits per heavy atom. The Balaban J connectivity index is 2.14. The second-order valence-electron chi connectivity index (χ2n) is 2.73. The highest BCUT2D eigenvalue weighted by Crippen LogP contribution is 2.11. The fourth-order valence-electron chi connectivity index (χ4n) is 1.01. The average molecular weight is 205 g/mol. The zero-order valence-electron chi connectivity index (χ0n) is 7.54. The fraction of sp³-hybridized carbons (Fsp3) is 0. The van der Waals surface area contributed by atoms with Crippen LogP contribution in [0.2, 0.25) is 0 Å². The monoisotopic (exact) mass is 205 g/mol. The first-order chi connectivity index (χ1) is 7.25. The van der Waals surface area contributed by atoms with Crippen LogP contribution < -0.4 is 5.32 Å². The molecule has 2 rings (SSSR count). The molecule has 76 valence electrons. The summed E-state index contributed by atoms with van der Waals surface area (Å²) >= 11 is 0. The number of aromatic nitrogens is 3. The van der Waals surface area contributed by atoms with Crippen molar-refractivity contribution in [2.75, 3.05) is 5.32 Å². The molecule has 0 amide bonds. The third-order valence-corrected chi connectivity index (χ3v) is 1.69. The van der Waals surface area contributed by atoms with Gasteiger partial charge in [-0.3, -0.25) is 10.1 Å². The van der Waals surface area contributed by atoms with Crippen LogP contribution in [0.25, 0.3) is 0 Å². The van der Waals surface area contributed by atoms with Gasteiger partial charge in [0, 0.05) is 6.20 Å². The number of hydrogen-bond acceptors (Lipinski definition) is 5. The number of hydrogen-bond donors (Lipinski definition) is 2. The Morgan fingerprint density at radius 2 is 2.13 bits per heavy atom. The van der Waals surface area contributed by atoms with Crippen LogP contribution in [-0.2, 0) is 0 Å². The molecule has 15 heavy (non-hydrogen) atoms. The Morgan fingerprint density at radius 1 is 1.40 bits per heavy atom. The molecule has 0 saturated heterocycles. The smallest absolute Gasteiger partial charge is 0.305 e. The molecule has 0 atom stereocenters. The van der Waals surface area contributed by atoms with Crippen molar-refractivity contribution in [2.45, 2.75) is 0 Å². The first-order valence-corrected chi connectivity index (χ1v) is 4.12. The van der Waals surface area contributed by atoms with E-state index >= 15 is 0 Å². The van der Waals surface area contributed by atoms with Gasteiger partial charge in [-0.1, -0.05) is 0 Å². The predicted molar refractivity (Wildman–Crippen MR) is 52.8 cm³/mol. The van der Waals surface area contributed by atoms with Gasteiger partial charge in [0.05, 0.1) is 4.92 Å². The van der Waals surface area contributed by atoms with Crippen LogP contribution in [0, 0.1) is 10.1 Å². The summed E-state index contributed by atoms with van der Waals surface area (Å²) in [6.07, 6.45) is 4.05.